The van der Waals surface area contributed by atoms with Gasteiger partial charge in [0, 0.05) is 12.1 Å². The Balaban J connectivity index is 1.96. The van der Waals surface area contributed by atoms with Gasteiger partial charge in [-0.3, -0.25) is 4.79 Å². The van der Waals surface area contributed by atoms with Gasteiger partial charge in [-0.15, -0.1) is 0 Å². The Labute approximate surface area is 144 Å². The van der Waals surface area contributed by atoms with E-state index in [4.69, 9.17) is 9.84 Å². The van der Waals surface area contributed by atoms with Crippen molar-refractivity contribution in [1.29, 1.82) is 0 Å². The Hall–Kier alpha value is -2.22. The van der Waals surface area contributed by atoms with E-state index in [2.05, 4.69) is 10.1 Å². The van der Waals surface area contributed by atoms with Crippen molar-refractivity contribution in [2.75, 3.05) is 26.9 Å². The number of aliphatic hydroxyl groups is 1. The van der Waals surface area contributed by atoms with Crippen molar-refractivity contribution in [3.63, 3.8) is 0 Å². The van der Waals surface area contributed by atoms with Crippen LogP contribution in [0.1, 0.15) is 32.4 Å². The van der Waals surface area contributed by atoms with E-state index in [1.165, 1.54) is 18.4 Å². The minimum Gasteiger partial charge on any atom is -0.465 e. The van der Waals surface area contributed by atoms with E-state index in [1.807, 2.05) is 16.8 Å². The highest BCUT2D eigenvalue weighted by Gasteiger charge is 2.15. The predicted octanol–water partition coefficient (Wildman–Crippen LogP) is 2.01. The third kappa shape index (κ3) is 4.89. The molecule has 1 amide bonds. The number of benzene rings is 1. The van der Waals surface area contributed by atoms with E-state index in [-0.39, 0.29) is 31.8 Å². The molecule has 1 aromatic carbocycles. The highest BCUT2D eigenvalue weighted by molar-refractivity contribution is 7.07. The van der Waals surface area contributed by atoms with Crippen LogP contribution >= 0.6 is 11.3 Å². The maximum atomic E-state index is 12.2. The summed E-state index contributed by atoms with van der Waals surface area (Å²) in [4.78, 5) is 23.6. The van der Waals surface area contributed by atoms with Gasteiger partial charge >= 0.3 is 5.97 Å². The molecule has 1 aromatic heterocycles. The molecule has 128 valence electrons. The van der Waals surface area contributed by atoms with Gasteiger partial charge in [0.25, 0.3) is 5.91 Å². The Bertz CT molecular complexity index is 654. The summed E-state index contributed by atoms with van der Waals surface area (Å²) in [6.07, 6.45) is -0.318. The molecular formula is C17H19NO5S. The van der Waals surface area contributed by atoms with Crippen LogP contribution in [0, 0.1) is 0 Å². The van der Waals surface area contributed by atoms with Gasteiger partial charge in [-0.1, -0.05) is 0 Å². The normalized spacial score (nSPS) is 11.8. The molecule has 0 saturated heterocycles. The molecule has 24 heavy (non-hydrogen) atoms. The van der Waals surface area contributed by atoms with E-state index < -0.39 is 5.97 Å². The van der Waals surface area contributed by atoms with Crippen molar-refractivity contribution >= 4 is 23.2 Å². The molecule has 0 aliphatic rings. The molecule has 0 fully saturated rings. The number of nitrogens with one attached hydrogen (secondary N) is 1. The summed E-state index contributed by atoms with van der Waals surface area (Å²) in [7, 11) is 1.31. The highest BCUT2D eigenvalue weighted by atomic mass is 32.1. The fourth-order valence-electron chi connectivity index (χ4n) is 2.09. The van der Waals surface area contributed by atoms with Gasteiger partial charge in [0.05, 0.1) is 25.9 Å². The van der Waals surface area contributed by atoms with Crippen LogP contribution in [0.2, 0.25) is 0 Å². The number of rotatable bonds is 8. The van der Waals surface area contributed by atoms with Gasteiger partial charge in [0.2, 0.25) is 0 Å². The Morgan fingerprint density at radius 3 is 2.50 bits per heavy atom. The van der Waals surface area contributed by atoms with Crippen molar-refractivity contribution in [1.82, 2.24) is 5.32 Å². The van der Waals surface area contributed by atoms with Crippen molar-refractivity contribution in [3.05, 3.63) is 57.8 Å². The van der Waals surface area contributed by atoms with E-state index in [1.54, 1.807) is 24.3 Å². The Morgan fingerprint density at radius 2 is 1.92 bits per heavy atom. The smallest absolute Gasteiger partial charge is 0.337 e. The molecule has 1 atom stereocenters. The summed E-state index contributed by atoms with van der Waals surface area (Å²) >= 11 is 1.54. The summed E-state index contributed by atoms with van der Waals surface area (Å²) in [6, 6.07) is 8.13. The third-order valence-electron chi connectivity index (χ3n) is 3.34. The maximum Gasteiger partial charge on any atom is 0.337 e. The molecule has 2 N–H and O–H groups in total. The first-order chi connectivity index (χ1) is 11.7. The van der Waals surface area contributed by atoms with Crippen molar-refractivity contribution < 1.29 is 24.2 Å². The monoisotopic (exact) mass is 349 g/mol. The van der Waals surface area contributed by atoms with Crippen LogP contribution in [0.25, 0.3) is 0 Å². The quantitative estimate of drug-likeness (QED) is 0.712. The number of methoxy groups -OCH3 is 1. The lowest BCUT2D eigenvalue weighted by molar-refractivity contribution is 0.0279. The second kappa shape index (κ2) is 9.17. The average Bonchev–Trinajstić information content (AvgIpc) is 3.15. The van der Waals surface area contributed by atoms with E-state index in [9.17, 15) is 9.59 Å². The zero-order chi connectivity index (χ0) is 17.4. The van der Waals surface area contributed by atoms with Gasteiger partial charge in [0.1, 0.15) is 6.10 Å². The molecule has 0 bridgehead atoms. The summed E-state index contributed by atoms with van der Waals surface area (Å²) in [6.45, 7) is 0.405. The Kier molecular flexibility index (Phi) is 6.92. The average molecular weight is 349 g/mol. The van der Waals surface area contributed by atoms with Crippen LogP contribution < -0.4 is 5.32 Å². The SMILES string of the molecule is COC(=O)c1ccc(C(=O)NCC(OCCO)c2ccsc2)cc1. The van der Waals surface area contributed by atoms with Crippen LogP contribution in [-0.4, -0.2) is 43.9 Å². The zero-order valence-corrected chi connectivity index (χ0v) is 14.0. The fraction of sp³-hybridized carbons (Fsp3) is 0.294. The first-order valence-electron chi connectivity index (χ1n) is 7.37. The fourth-order valence-corrected chi connectivity index (χ4v) is 2.79. The second-order valence-corrected chi connectivity index (χ2v) is 5.70. The number of thiophene rings is 1. The minimum atomic E-state index is -0.447. The standard InChI is InChI=1S/C17H19NO5S/c1-22-17(21)13-4-2-12(3-5-13)16(20)18-10-15(23-8-7-19)14-6-9-24-11-14/h2-6,9,11,15,19H,7-8,10H2,1H3,(H,18,20). The van der Waals surface area contributed by atoms with E-state index >= 15 is 0 Å². The van der Waals surface area contributed by atoms with Gasteiger partial charge in [-0.05, 0) is 46.7 Å². The van der Waals surface area contributed by atoms with Crippen LogP contribution in [0.4, 0.5) is 0 Å². The van der Waals surface area contributed by atoms with Crippen LogP contribution in [0.3, 0.4) is 0 Å². The van der Waals surface area contributed by atoms with Crippen LogP contribution in [-0.2, 0) is 9.47 Å². The number of ether oxygens (including phenoxy) is 2. The number of carbonyl (C=O) groups is 2. The van der Waals surface area contributed by atoms with Gasteiger partial charge < -0.3 is 19.9 Å². The van der Waals surface area contributed by atoms with Gasteiger partial charge in [-0.25, -0.2) is 4.79 Å². The molecular weight excluding hydrogens is 330 g/mol. The van der Waals surface area contributed by atoms with Gasteiger partial charge in [0.15, 0.2) is 0 Å². The predicted molar refractivity (Wildman–Crippen MR) is 90.2 cm³/mol. The summed E-state index contributed by atoms with van der Waals surface area (Å²) < 4.78 is 10.2. The second-order valence-electron chi connectivity index (χ2n) is 4.92. The number of esters is 1. The molecule has 2 rings (SSSR count). The molecule has 0 saturated carbocycles. The number of hydrogen-bond acceptors (Lipinski definition) is 6. The molecule has 1 unspecified atom stereocenters. The van der Waals surface area contributed by atoms with Crippen LogP contribution in [0.15, 0.2) is 41.1 Å². The largest absolute Gasteiger partial charge is 0.465 e. The van der Waals surface area contributed by atoms with Crippen molar-refractivity contribution in [2.24, 2.45) is 0 Å². The summed E-state index contributed by atoms with van der Waals surface area (Å²) in [5.74, 6) is -0.712. The minimum absolute atomic E-state index is 0.0798. The van der Waals surface area contributed by atoms with Crippen molar-refractivity contribution in [2.45, 2.75) is 6.10 Å². The molecule has 2 aromatic rings. The number of aliphatic hydroxyl groups excluding tert-OH is 1. The first kappa shape index (κ1) is 18.1. The lowest BCUT2D eigenvalue weighted by Crippen LogP contribution is -2.29. The highest BCUT2D eigenvalue weighted by Crippen LogP contribution is 2.19. The topological polar surface area (TPSA) is 84.9 Å². The molecule has 7 heteroatoms. The summed E-state index contributed by atoms with van der Waals surface area (Å²) in [5.41, 5.74) is 1.78. The van der Waals surface area contributed by atoms with Crippen LogP contribution in [0.5, 0.6) is 0 Å². The number of hydrogen-bond donors (Lipinski definition) is 2. The maximum absolute atomic E-state index is 12.2. The van der Waals surface area contributed by atoms with Crippen molar-refractivity contribution in [3.8, 4) is 0 Å². The molecule has 0 spiro atoms. The number of amides is 1. The third-order valence-corrected chi connectivity index (χ3v) is 4.04. The van der Waals surface area contributed by atoms with Gasteiger partial charge in [-0.2, -0.15) is 11.3 Å². The lowest BCUT2D eigenvalue weighted by Gasteiger charge is -2.17. The molecule has 0 aliphatic heterocycles. The first-order valence-corrected chi connectivity index (χ1v) is 8.31. The zero-order valence-electron chi connectivity index (χ0n) is 13.2. The molecule has 1 heterocycles. The van der Waals surface area contributed by atoms with E-state index in [0.29, 0.717) is 11.1 Å². The van der Waals surface area contributed by atoms with E-state index in [0.717, 1.165) is 5.56 Å². The Morgan fingerprint density at radius 1 is 1.21 bits per heavy atom. The number of carbonyl (C=O) groups excluding carboxylic acids is 2. The molecule has 0 radical (unpaired) electrons. The lowest BCUT2D eigenvalue weighted by atomic mass is 10.1. The summed E-state index contributed by atoms with van der Waals surface area (Å²) in [5, 5.41) is 15.6. The molecule has 0 aliphatic carbocycles. The molecule has 6 nitrogen and oxygen atoms in total.